The van der Waals surface area contributed by atoms with Gasteiger partial charge in [0.1, 0.15) is 17.4 Å². The first-order valence-electron chi connectivity index (χ1n) is 6.70. The lowest BCUT2D eigenvalue weighted by atomic mass is 10.1. The number of carbonyl (C=O) groups excluding carboxylic acids is 1. The second-order valence-corrected chi connectivity index (χ2v) is 5.28. The number of ether oxygens (including phenoxy) is 1. The highest BCUT2D eigenvalue weighted by atomic mass is 35.5. The van der Waals surface area contributed by atoms with Crippen LogP contribution >= 0.6 is 11.6 Å². The maximum atomic E-state index is 12.3. The molecule has 2 aromatic rings. The van der Waals surface area contributed by atoms with Crippen LogP contribution < -0.4 is 10.1 Å². The summed E-state index contributed by atoms with van der Waals surface area (Å²) in [5.74, 6) is -0.107. The third-order valence-electron chi connectivity index (χ3n) is 3.13. The third-order valence-corrected chi connectivity index (χ3v) is 3.54. The second kappa shape index (κ2) is 6.99. The van der Waals surface area contributed by atoms with Crippen LogP contribution in [0.4, 0.5) is 5.69 Å². The van der Waals surface area contributed by atoms with Crippen LogP contribution in [0.5, 0.6) is 5.75 Å². The van der Waals surface area contributed by atoms with Gasteiger partial charge in [-0.25, -0.2) is 0 Å². The molecule has 0 saturated heterocycles. The Hall–Kier alpha value is -2.78. The number of methoxy groups -OCH3 is 1. The molecule has 0 saturated carbocycles. The van der Waals surface area contributed by atoms with E-state index in [1.54, 1.807) is 36.3 Å². The number of anilines is 1. The van der Waals surface area contributed by atoms with Gasteiger partial charge in [0.2, 0.25) is 0 Å². The highest BCUT2D eigenvalue weighted by Crippen LogP contribution is 2.31. The number of hydrogen-bond donors (Lipinski definition) is 1. The molecular weight excluding hydrogens is 316 g/mol. The number of aromatic nitrogens is 2. The van der Waals surface area contributed by atoms with Crippen molar-refractivity contribution in [1.29, 1.82) is 5.26 Å². The molecule has 7 heteroatoms. The number of benzene rings is 1. The molecular formula is C16H15ClN4O2. The molecule has 0 radical (unpaired) electrons. The SMILES string of the molecule is COc1cc(Cl)c(C)cc1NC(=O)/C(C#N)=C/c1cnn(C)c1. The van der Waals surface area contributed by atoms with E-state index in [0.29, 0.717) is 22.0 Å². The quantitative estimate of drug-likeness (QED) is 0.690. The van der Waals surface area contributed by atoms with Crippen molar-refractivity contribution in [3.05, 3.63) is 46.2 Å². The Balaban J connectivity index is 2.29. The Morgan fingerprint density at radius 1 is 1.52 bits per heavy atom. The van der Waals surface area contributed by atoms with Gasteiger partial charge in [-0.2, -0.15) is 10.4 Å². The maximum absolute atomic E-state index is 12.3. The summed E-state index contributed by atoms with van der Waals surface area (Å²) in [6, 6.07) is 5.20. The third kappa shape index (κ3) is 3.90. The number of nitrogens with one attached hydrogen (secondary N) is 1. The zero-order valence-corrected chi connectivity index (χ0v) is 13.7. The minimum absolute atomic E-state index is 0.0346. The van der Waals surface area contributed by atoms with Crippen molar-refractivity contribution in [2.24, 2.45) is 7.05 Å². The van der Waals surface area contributed by atoms with Crippen LogP contribution in [-0.4, -0.2) is 22.8 Å². The van der Waals surface area contributed by atoms with Crippen LogP contribution in [0.3, 0.4) is 0 Å². The fraction of sp³-hybridized carbons (Fsp3) is 0.188. The molecule has 0 aliphatic heterocycles. The molecule has 0 spiro atoms. The Bertz CT molecular complexity index is 818. The van der Waals surface area contributed by atoms with Gasteiger partial charge in [-0.05, 0) is 24.6 Å². The summed E-state index contributed by atoms with van der Waals surface area (Å²) in [5.41, 5.74) is 1.87. The van der Waals surface area contributed by atoms with Crippen molar-refractivity contribution < 1.29 is 9.53 Å². The number of rotatable bonds is 4. The van der Waals surface area contributed by atoms with Gasteiger partial charge < -0.3 is 10.1 Å². The van der Waals surface area contributed by atoms with Gasteiger partial charge in [-0.3, -0.25) is 9.48 Å². The first kappa shape index (κ1) is 16.6. The van der Waals surface area contributed by atoms with E-state index in [0.717, 1.165) is 5.56 Å². The molecule has 2 rings (SSSR count). The van der Waals surface area contributed by atoms with Crippen LogP contribution in [0.1, 0.15) is 11.1 Å². The van der Waals surface area contributed by atoms with E-state index >= 15 is 0 Å². The van der Waals surface area contributed by atoms with E-state index in [9.17, 15) is 10.1 Å². The second-order valence-electron chi connectivity index (χ2n) is 4.87. The van der Waals surface area contributed by atoms with E-state index in [1.165, 1.54) is 13.2 Å². The number of amides is 1. The van der Waals surface area contributed by atoms with Crippen molar-refractivity contribution in [3.8, 4) is 11.8 Å². The first-order valence-corrected chi connectivity index (χ1v) is 7.08. The number of nitrogens with zero attached hydrogens (tertiary/aromatic N) is 3. The van der Waals surface area contributed by atoms with Gasteiger partial charge in [0.05, 0.1) is 19.0 Å². The van der Waals surface area contributed by atoms with Crippen molar-refractivity contribution in [2.45, 2.75) is 6.92 Å². The fourth-order valence-electron chi connectivity index (χ4n) is 1.95. The largest absolute Gasteiger partial charge is 0.495 e. The summed E-state index contributed by atoms with van der Waals surface area (Å²) < 4.78 is 6.79. The van der Waals surface area contributed by atoms with Crippen LogP contribution in [-0.2, 0) is 11.8 Å². The van der Waals surface area contributed by atoms with Gasteiger partial charge in [-0.15, -0.1) is 0 Å². The fourth-order valence-corrected chi connectivity index (χ4v) is 2.10. The van der Waals surface area contributed by atoms with Crippen LogP contribution in [0.15, 0.2) is 30.1 Å². The molecule has 0 aliphatic rings. The zero-order valence-electron chi connectivity index (χ0n) is 12.9. The molecule has 23 heavy (non-hydrogen) atoms. The van der Waals surface area contributed by atoms with Crippen LogP contribution in [0, 0.1) is 18.3 Å². The maximum Gasteiger partial charge on any atom is 0.266 e. The van der Waals surface area contributed by atoms with Crippen LogP contribution in [0.25, 0.3) is 6.08 Å². The molecule has 1 aromatic heterocycles. The summed E-state index contributed by atoms with van der Waals surface area (Å²) in [4.78, 5) is 12.3. The lowest BCUT2D eigenvalue weighted by molar-refractivity contribution is -0.112. The summed E-state index contributed by atoms with van der Waals surface area (Å²) in [7, 11) is 3.23. The van der Waals surface area contributed by atoms with Gasteiger partial charge in [0, 0.05) is 29.9 Å². The number of halogens is 1. The average Bonchev–Trinajstić information content (AvgIpc) is 2.93. The molecule has 1 amide bonds. The van der Waals surface area contributed by atoms with Gasteiger partial charge in [-0.1, -0.05) is 11.6 Å². The first-order chi connectivity index (χ1) is 10.9. The van der Waals surface area contributed by atoms with Gasteiger partial charge in [0.25, 0.3) is 5.91 Å². The zero-order chi connectivity index (χ0) is 17.0. The minimum atomic E-state index is -0.531. The van der Waals surface area contributed by atoms with Gasteiger partial charge in [0.15, 0.2) is 0 Å². The summed E-state index contributed by atoms with van der Waals surface area (Å²) in [6.07, 6.45) is 4.74. The average molecular weight is 331 g/mol. The molecule has 1 N–H and O–H groups in total. The molecule has 0 bridgehead atoms. The van der Waals surface area contributed by atoms with Crippen molar-refractivity contribution in [2.75, 3.05) is 12.4 Å². The molecule has 0 aliphatic carbocycles. The van der Waals surface area contributed by atoms with Gasteiger partial charge >= 0.3 is 0 Å². The van der Waals surface area contributed by atoms with Crippen molar-refractivity contribution in [1.82, 2.24) is 9.78 Å². The smallest absolute Gasteiger partial charge is 0.266 e. The molecule has 118 valence electrons. The topological polar surface area (TPSA) is 79.9 Å². The Morgan fingerprint density at radius 3 is 2.83 bits per heavy atom. The van der Waals surface area contributed by atoms with Crippen molar-refractivity contribution >= 4 is 29.3 Å². The highest BCUT2D eigenvalue weighted by Gasteiger charge is 2.14. The predicted molar refractivity (Wildman–Crippen MR) is 88.2 cm³/mol. The summed E-state index contributed by atoms with van der Waals surface area (Å²) in [5, 5.41) is 16.4. The Kier molecular flexibility index (Phi) is 5.04. The Morgan fingerprint density at radius 2 is 2.26 bits per heavy atom. The number of nitriles is 1. The number of hydrogen-bond acceptors (Lipinski definition) is 4. The van der Waals surface area contributed by atoms with E-state index in [4.69, 9.17) is 16.3 Å². The molecule has 6 nitrogen and oxygen atoms in total. The standard InChI is InChI=1S/C16H15ClN4O2/c1-10-4-14(15(23-3)6-13(10)17)20-16(22)12(7-18)5-11-8-19-21(2)9-11/h4-6,8-9H,1-3H3,(H,20,22)/b12-5+. The summed E-state index contributed by atoms with van der Waals surface area (Å²) in [6.45, 7) is 1.81. The monoisotopic (exact) mass is 330 g/mol. The molecule has 0 fully saturated rings. The lowest BCUT2D eigenvalue weighted by Crippen LogP contribution is -2.14. The van der Waals surface area contributed by atoms with E-state index in [-0.39, 0.29) is 5.57 Å². The minimum Gasteiger partial charge on any atom is -0.495 e. The van der Waals surface area contributed by atoms with E-state index < -0.39 is 5.91 Å². The normalized spacial score (nSPS) is 11.0. The Labute approximate surface area is 138 Å². The number of carbonyl (C=O) groups is 1. The molecule has 0 unspecified atom stereocenters. The highest BCUT2D eigenvalue weighted by molar-refractivity contribution is 6.31. The molecule has 1 heterocycles. The number of aryl methyl sites for hydroxylation is 2. The summed E-state index contributed by atoms with van der Waals surface area (Å²) >= 11 is 6.03. The molecule has 1 aromatic carbocycles. The predicted octanol–water partition coefficient (Wildman–Crippen LogP) is 2.94. The van der Waals surface area contributed by atoms with Crippen molar-refractivity contribution in [3.63, 3.8) is 0 Å². The lowest BCUT2D eigenvalue weighted by Gasteiger charge is -2.11. The molecule has 0 atom stereocenters. The van der Waals surface area contributed by atoms with E-state index in [1.807, 2.05) is 13.0 Å². The van der Waals surface area contributed by atoms with E-state index in [2.05, 4.69) is 10.4 Å². The van der Waals surface area contributed by atoms with Crippen LogP contribution in [0.2, 0.25) is 5.02 Å².